The van der Waals surface area contributed by atoms with E-state index in [1.807, 2.05) is 54.6 Å². The van der Waals surface area contributed by atoms with Gasteiger partial charge in [-0.1, -0.05) is 62.2 Å². The van der Waals surface area contributed by atoms with Gasteiger partial charge < -0.3 is 19.8 Å². The highest BCUT2D eigenvalue weighted by atomic mass is 16.5. The number of benzene rings is 2. The monoisotopic (exact) mass is 383 g/mol. The molecule has 5 nitrogen and oxygen atoms in total. The van der Waals surface area contributed by atoms with Crippen molar-refractivity contribution in [1.82, 2.24) is 0 Å². The number of rotatable bonds is 9. The van der Waals surface area contributed by atoms with Gasteiger partial charge in [-0.2, -0.15) is 0 Å². The summed E-state index contributed by atoms with van der Waals surface area (Å²) in [7, 11) is 0. The third kappa shape index (κ3) is 4.98. The predicted molar refractivity (Wildman–Crippen MR) is 109 cm³/mol. The maximum Gasteiger partial charge on any atom is 0.256 e. The molecular weight excluding hydrogens is 354 g/mol. The van der Waals surface area contributed by atoms with Crippen LogP contribution in [0.15, 0.2) is 54.6 Å². The van der Waals surface area contributed by atoms with E-state index in [-0.39, 0.29) is 11.9 Å². The molecule has 1 heterocycles. The molecule has 2 N–H and O–H groups in total. The SMILES string of the molecule is CCCCC(O)c1ccc(N2C(=O)C(O)CC2COCc2ccccc2)cc1. The fourth-order valence-corrected chi connectivity index (χ4v) is 3.59. The van der Waals surface area contributed by atoms with Crippen LogP contribution in [0.25, 0.3) is 0 Å². The number of amides is 1. The van der Waals surface area contributed by atoms with Gasteiger partial charge in [-0.05, 0) is 29.7 Å². The van der Waals surface area contributed by atoms with Crippen LogP contribution >= 0.6 is 0 Å². The Morgan fingerprint density at radius 2 is 1.86 bits per heavy atom. The van der Waals surface area contributed by atoms with Gasteiger partial charge in [-0.15, -0.1) is 0 Å². The van der Waals surface area contributed by atoms with Crippen LogP contribution in [0.1, 0.15) is 49.8 Å². The molecule has 5 heteroatoms. The Morgan fingerprint density at radius 1 is 1.14 bits per heavy atom. The first-order valence-electron chi connectivity index (χ1n) is 10.0. The Balaban J connectivity index is 1.64. The van der Waals surface area contributed by atoms with Crippen molar-refractivity contribution >= 4 is 11.6 Å². The fourth-order valence-electron chi connectivity index (χ4n) is 3.59. The lowest BCUT2D eigenvalue weighted by Crippen LogP contribution is -2.37. The number of anilines is 1. The molecule has 3 unspecified atom stereocenters. The van der Waals surface area contributed by atoms with Crippen LogP contribution in [0.3, 0.4) is 0 Å². The van der Waals surface area contributed by atoms with Crippen molar-refractivity contribution in [2.24, 2.45) is 0 Å². The number of unbranched alkanes of at least 4 members (excludes halogenated alkanes) is 1. The standard InChI is InChI=1S/C23H29NO4/c1-2-3-9-21(25)18-10-12-19(13-11-18)24-20(14-22(26)23(24)27)16-28-15-17-7-5-4-6-8-17/h4-8,10-13,20-22,25-26H,2-3,9,14-16H2,1H3. The van der Waals surface area contributed by atoms with Crippen LogP contribution in [0.2, 0.25) is 0 Å². The lowest BCUT2D eigenvalue weighted by Gasteiger charge is -2.25. The van der Waals surface area contributed by atoms with Crippen LogP contribution in [0, 0.1) is 0 Å². The summed E-state index contributed by atoms with van der Waals surface area (Å²) in [5.41, 5.74) is 2.65. The van der Waals surface area contributed by atoms with Gasteiger partial charge in [0.2, 0.25) is 0 Å². The molecule has 0 bridgehead atoms. The van der Waals surface area contributed by atoms with Crippen LogP contribution in [0.4, 0.5) is 5.69 Å². The second kappa shape index (κ2) is 9.82. The number of ether oxygens (including phenoxy) is 1. The van der Waals surface area contributed by atoms with E-state index in [0.29, 0.717) is 19.6 Å². The van der Waals surface area contributed by atoms with Crippen LogP contribution in [-0.4, -0.2) is 34.9 Å². The second-order valence-corrected chi connectivity index (χ2v) is 7.36. The van der Waals surface area contributed by atoms with Crippen molar-refractivity contribution in [3.63, 3.8) is 0 Å². The predicted octanol–water partition coefficient (Wildman–Crippen LogP) is 3.59. The van der Waals surface area contributed by atoms with Crippen molar-refractivity contribution in [2.45, 2.75) is 57.5 Å². The second-order valence-electron chi connectivity index (χ2n) is 7.36. The molecule has 150 valence electrons. The minimum absolute atomic E-state index is 0.206. The molecule has 3 atom stereocenters. The Hall–Kier alpha value is -2.21. The zero-order chi connectivity index (χ0) is 19.9. The number of nitrogens with zero attached hydrogens (tertiary/aromatic N) is 1. The van der Waals surface area contributed by atoms with Gasteiger partial charge in [0, 0.05) is 12.1 Å². The zero-order valence-corrected chi connectivity index (χ0v) is 16.3. The fraction of sp³-hybridized carbons (Fsp3) is 0.435. The first kappa shape index (κ1) is 20.5. The Bertz CT molecular complexity index is 747. The van der Waals surface area contributed by atoms with Crippen molar-refractivity contribution in [1.29, 1.82) is 0 Å². The molecule has 0 saturated carbocycles. The molecule has 28 heavy (non-hydrogen) atoms. The number of aliphatic hydroxyl groups is 2. The summed E-state index contributed by atoms with van der Waals surface area (Å²) < 4.78 is 5.81. The van der Waals surface area contributed by atoms with Crippen LogP contribution < -0.4 is 4.90 Å². The van der Waals surface area contributed by atoms with Crippen LogP contribution in [-0.2, 0) is 16.1 Å². The first-order chi connectivity index (χ1) is 13.6. The molecule has 1 saturated heterocycles. The summed E-state index contributed by atoms with van der Waals surface area (Å²) in [6.07, 6.45) is 1.61. The van der Waals surface area contributed by atoms with E-state index in [2.05, 4.69) is 6.92 Å². The normalized spacial score (nSPS) is 20.5. The average molecular weight is 383 g/mol. The molecule has 1 amide bonds. The summed E-state index contributed by atoms with van der Waals surface area (Å²) in [6.45, 7) is 2.93. The molecule has 1 aliphatic heterocycles. The number of carbonyl (C=O) groups excluding carboxylic acids is 1. The van der Waals surface area contributed by atoms with Crippen molar-refractivity contribution < 1.29 is 19.7 Å². The molecule has 2 aromatic rings. The van der Waals surface area contributed by atoms with Gasteiger partial charge in [-0.3, -0.25) is 4.79 Å². The van der Waals surface area contributed by atoms with E-state index in [4.69, 9.17) is 4.74 Å². The Labute approximate surface area is 166 Å². The molecule has 1 aliphatic rings. The quantitative estimate of drug-likeness (QED) is 0.694. The number of carbonyl (C=O) groups is 1. The van der Waals surface area contributed by atoms with Crippen molar-refractivity contribution in [3.05, 3.63) is 65.7 Å². The summed E-state index contributed by atoms with van der Waals surface area (Å²) in [5.74, 6) is -0.299. The molecule has 0 aromatic heterocycles. The Kier molecular flexibility index (Phi) is 7.20. The number of hydrogen-bond acceptors (Lipinski definition) is 4. The topological polar surface area (TPSA) is 70.0 Å². The van der Waals surface area contributed by atoms with Gasteiger partial charge in [0.15, 0.2) is 0 Å². The smallest absolute Gasteiger partial charge is 0.256 e. The Morgan fingerprint density at radius 3 is 2.54 bits per heavy atom. The lowest BCUT2D eigenvalue weighted by molar-refractivity contribution is -0.124. The highest BCUT2D eigenvalue weighted by Crippen LogP contribution is 2.29. The highest BCUT2D eigenvalue weighted by Gasteiger charge is 2.39. The summed E-state index contributed by atoms with van der Waals surface area (Å²) in [5, 5.41) is 20.3. The average Bonchev–Trinajstić information content (AvgIpc) is 3.00. The van der Waals surface area contributed by atoms with Gasteiger partial charge in [-0.25, -0.2) is 0 Å². The summed E-state index contributed by atoms with van der Waals surface area (Å²) >= 11 is 0. The van der Waals surface area contributed by atoms with Gasteiger partial charge >= 0.3 is 0 Å². The molecule has 2 aromatic carbocycles. The van der Waals surface area contributed by atoms with E-state index in [1.165, 1.54) is 0 Å². The lowest BCUT2D eigenvalue weighted by atomic mass is 10.0. The first-order valence-corrected chi connectivity index (χ1v) is 10.0. The van der Waals surface area contributed by atoms with Crippen molar-refractivity contribution in [3.8, 4) is 0 Å². The minimum Gasteiger partial charge on any atom is -0.388 e. The van der Waals surface area contributed by atoms with E-state index in [0.717, 1.165) is 36.1 Å². The van der Waals surface area contributed by atoms with E-state index >= 15 is 0 Å². The molecule has 0 radical (unpaired) electrons. The molecule has 3 rings (SSSR count). The van der Waals surface area contributed by atoms with E-state index in [1.54, 1.807) is 4.90 Å². The largest absolute Gasteiger partial charge is 0.388 e. The van der Waals surface area contributed by atoms with Crippen LogP contribution in [0.5, 0.6) is 0 Å². The molecular formula is C23H29NO4. The maximum atomic E-state index is 12.5. The minimum atomic E-state index is -1.000. The zero-order valence-electron chi connectivity index (χ0n) is 16.3. The highest BCUT2D eigenvalue weighted by molar-refractivity contribution is 5.99. The number of aliphatic hydroxyl groups excluding tert-OH is 2. The van der Waals surface area contributed by atoms with Crippen molar-refractivity contribution in [2.75, 3.05) is 11.5 Å². The third-order valence-electron chi connectivity index (χ3n) is 5.19. The van der Waals surface area contributed by atoms with E-state index < -0.39 is 12.2 Å². The molecule has 1 fully saturated rings. The molecule has 0 spiro atoms. The summed E-state index contributed by atoms with van der Waals surface area (Å²) in [4.78, 5) is 14.1. The molecule has 0 aliphatic carbocycles. The maximum absolute atomic E-state index is 12.5. The third-order valence-corrected chi connectivity index (χ3v) is 5.19. The van der Waals surface area contributed by atoms with Gasteiger partial charge in [0.1, 0.15) is 6.10 Å². The summed E-state index contributed by atoms with van der Waals surface area (Å²) in [6, 6.07) is 17.1. The van der Waals surface area contributed by atoms with Gasteiger partial charge in [0.25, 0.3) is 5.91 Å². The van der Waals surface area contributed by atoms with Gasteiger partial charge in [0.05, 0.1) is 25.4 Å². The number of hydrogen-bond donors (Lipinski definition) is 2. The van der Waals surface area contributed by atoms with E-state index in [9.17, 15) is 15.0 Å².